The molecule has 0 heterocycles. The largest absolute Gasteiger partial charge is 0.507 e. The van der Waals surface area contributed by atoms with Gasteiger partial charge in [-0.3, -0.25) is 4.79 Å². The lowest BCUT2D eigenvalue weighted by atomic mass is 10.0. The maximum atomic E-state index is 11.9. The van der Waals surface area contributed by atoms with Crippen LogP contribution in [0.15, 0.2) is 6.07 Å². The van der Waals surface area contributed by atoms with Gasteiger partial charge in [0.25, 0.3) is 5.09 Å². The van der Waals surface area contributed by atoms with Gasteiger partial charge in [0.1, 0.15) is 30.3 Å². The maximum absolute atomic E-state index is 11.9. The van der Waals surface area contributed by atoms with Gasteiger partial charge in [-0.25, -0.2) is 0 Å². The fourth-order valence-electron chi connectivity index (χ4n) is 2.72. The van der Waals surface area contributed by atoms with Crippen LogP contribution in [0.3, 0.4) is 0 Å². The van der Waals surface area contributed by atoms with E-state index in [1.165, 1.54) is 6.92 Å². The molecule has 2 atom stereocenters. The van der Waals surface area contributed by atoms with Crippen LogP contribution < -0.4 is 15.4 Å². The molecule has 1 aromatic rings. The van der Waals surface area contributed by atoms with E-state index in [9.17, 15) is 25.1 Å². The third kappa shape index (κ3) is 8.42. The van der Waals surface area contributed by atoms with E-state index in [0.717, 1.165) is 11.1 Å². The van der Waals surface area contributed by atoms with Gasteiger partial charge in [-0.2, -0.15) is 0 Å². The first-order chi connectivity index (χ1) is 13.8. The number of amides is 1. The standard InChI is InChI=1S/C20H33N3O7/c1-12-7-17(14(3)15(4)19(12)26)29-10-16(24)9-22-20(5,6)11-21-18(25)8-13(2)30-23(27)28/h7,13,16,22,24,26H,8-11H2,1-6H3,(H,21,25). The predicted octanol–water partition coefficient (Wildman–Crippen LogP) is 1.53. The fourth-order valence-corrected chi connectivity index (χ4v) is 2.72. The Bertz CT molecular complexity index is 752. The number of nitrogens with one attached hydrogen (secondary N) is 2. The summed E-state index contributed by atoms with van der Waals surface area (Å²) in [5.74, 6) is 0.487. The van der Waals surface area contributed by atoms with Crippen LogP contribution in [0.1, 0.15) is 43.9 Å². The highest BCUT2D eigenvalue weighted by Gasteiger charge is 2.21. The lowest BCUT2D eigenvalue weighted by molar-refractivity contribution is -0.767. The number of hydrogen-bond acceptors (Lipinski definition) is 8. The zero-order valence-electron chi connectivity index (χ0n) is 18.4. The van der Waals surface area contributed by atoms with Gasteiger partial charge in [-0.15, -0.1) is 10.1 Å². The number of ether oxygens (including phenoxy) is 1. The minimum Gasteiger partial charge on any atom is -0.507 e. The van der Waals surface area contributed by atoms with E-state index in [1.54, 1.807) is 13.0 Å². The topological polar surface area (TPSA) is 143 Å². The molecule has 0 bridgehead atoms. The number of carbonyl (C=O) groups is 1. The molecule has 0 radical (unpaired) electrons. The van der Waals surface area contributed by atoms with Crippen LogP contribution in [0.2, 0.25) is 0 Å². The monoisotopic (exact) mass is 427 g/mol. The highest BCUT2D eigenvalue weighted by Crippen LogP contribution is 2.31. The van der Waals surface area contributed by atoms with Crippen molar-refractivity contribution in [3.63, 3.8) is 0 Å². The van der Waals surface area contributed by atoms with Crippen LogP contribution in [0.4, 0.5) is 0 Å². The Morgan fingerprint density at radius 1 is 1.30 bits per heavy atom. The van der Waals surface area contributed by atoms with Crippen molar-refractivity contribution in [2.24, 2.45) is 0 Å². The van der Waals surface area contributed by atoms with Gasteiger partial charge in [0.15, 0.2) is 0 Å². The van der Waals surface area contributed by atoms with Crippen LogP contribution in [0.5, 0.6) is 11.5 Å². The predicted molar refractivity (Wildman–Crippen MR) is 111 cm³/mol. The second kappa shape index (κ2) is 11.0. The Morgan fingerprint density at radius 3 is 2.53 bits per heavy atom. The number of hydrogen-bond donors (Lipinski definition) is 4. The van der Waals surface area contributed by atoms with Crippen molar-refractivity contribution in [1.82, 2.24) is 10.6 Å². The van der Waals surface area contributed by atoms with Crippen LogP contribution in [0, 0.1) is 30.9 Å². The van der Waals surface area contributed by atoms with Crippen LogP contribution >= 0.6 is 0 Å². The number of aryl methyl sites for hydroxylation is 1. The zero-order chi connectivity index (χ0) is 23.1. The number of nitrogens with zero attached hydrogens (tertiary/aromatic N) is 1. The Hall–Kier alpha value is -2.59. The van der Waals surface area contributed by atoms with Crippen LogP contribution in [-0.2, 0) is 9.63 Å². The summed E-state index contributed by atoms with van der Waals surface area (Å²) >= 11 is 0. The van der Waals surface area contributed by atoms with Gasteiger partial charge < -0.3 is 30.4 Å². The number of carbonyl (C=O) groups excluding carboxylic acids is 1. The molecule has 0 aliphatic heterocycles. The molecule has 1 rings (SSSR count). The van der Waals surface area contributed by atoms with Crippen molar-refractivity contribution >= 4 is 5.91 Å². The Kier molecular flexibility index (Phi) is 9.31. The molecule has 0 aromatic heterocycles. The summed E-state index contributed by atoms with van der Waals surface area (Å²) in [7, 11) is 0. The van der Waals surface area contributed by atoms with Crippen molar-refractivity contribution in [2.45, 2.75) is 65.7 Å². The van der Waals surface area contributed by atoms with Gasteiger partial charge in [-0.05, 0) is 64.3 Å². The molecule has 0 fully saturated rings. The molecular weight excluding hydrogens is 394 g/mol. The highest BCUT2D eigenvalue weighted by atomic mass is 17.0. The average molecular weight is 427 g/mol. The maximum Gasteiger partial charge on any atom is 0.294 e. The lowest BCUT2D eigenvalue weighted by Crippen LogP contribution is -2.52. The van der Waals surface area contributed by atoms with Gasteiger partial charge in [0.05, 0.1) is 6.42 Å². The molecule has 4 N–H and O–H groups in total. The molecule has 0 spiro atoms. The molecule has 0 saturated carbocycles. The van der Waals surface area contributed by atoms with E-state index in [-0.39, 0.29) is 37.8 Å². The number of phenols is 1. The van der Waals surface area contributed by atoms with E-state index in [0.29, 0.717) is 11.3 Å². The SMILES string of the molecule is Cc1cc(OCC(O)CNC(C)(C)CNC(=O)CC(C)O[N+](=O)[O-])c(C)c(C)c1O. The molecule has 0 aliphatic rings. The average Bonchev–Trinajstić information content (AvgIpc) is 2.64. The molecule has 30 heavy (non-hydrogen) atoms. The van der Waals surface area contributed by atoms with E-state index in [4.69, 9.17) is 4.74 Å². The summed E-state index contributed by atoms with van der Waals surface area (Å²) in [6, 6.07) is 1.74. The van der Waals surface area contributed by atoms with Crippen molar-refractivity contribution < 1.29 is 29.7 Å². The highest BCUT2D eigenvalue weighted by molar-refractivity contribution is 5.76. The number of aromatic hydroxyl groups is 1. The summed E-state index contributed by atoms with van der Waals surface area (Å²) in [6.07, 6.45) is -1.74. The van der Waals surface area contributed by atoms with Crippen molar-refractivity contribution in [1.29, 1.82) is 0 Å². The molecule has 0 aliphatic carbocycles. The molecule has 2 unspecified atom stereocenters. The summed E-state index contributed by atoms with van der Waals surface area (Å²) in [5.41, 5.74) is 1.74. The first-order valence-electron chi connectivity index (χ1n) is 9.76. The molecule has 10 nitrogen and oxygen atoms in total. The van der Waals surface area contributed by atoms with Crippen molar-refractivity contribution in [3.05, 3.63) is 32.9 Å². The minimum atomic E-state index is -0.921. The smallest absolute Gasteiger partial charge is 0.294 e. The normalized spacial score (nSPS) is 13.4. The Morgan fingerprint density at radius 2 is 1.93 bits per heavy atom. The zero-order valence-corrected chi connectivity index (χ0v) is 18.4. The summed E-state index contributed by atoms with van der Waals surface area (Å²) in [5, 5.41) is 35.4. The molecular formula is C20H33N3O7. The van der Waals surface area contributed by atoms with Gasteiger partial charge >= 0.3 is 0 Å². The third-order valence-corrected chi connectivity index (χ3v) is 4.72. The second-order valence-corrected chi connectivity index (χ2v) is 8.14. The first-order valence-corrected chi connectivity index (χ1v) is 9.76. The Labute approximate surface area is 176 Å². The number of aliphatic hydroxyl groups excluding tert-OH is 1. The van der Waals surface area contributed by atoms with Crippen molar-refractivity contribution in [3.8, 4) is 11.5 Å². The van der Waals surface area contributed by atoms with Crippen LogP contribution in [-0.4, -0.2) is 58.7 Å². The first kappa shape index (κ1) is 25.4. The van der Waals surface area contributed by atoms with Gasteiger partial charge in [0.2, 0.25) is 5.91 Å². The van der Waals surface area contributed by atoms with E-state index in [2.05, 4.69) is 15.5 Å². The minimum absolute atomic E-state index is 0.0652. The molecule has 170 valence electrons. The number of β-amino-alcohol motifs (C(OH)–C–C–N with tert-alkyl or cyclic N) is 1. The summed E-state index contributed by atoms with van der Waals surface area (Å²) in [4.78, 5) is 26.4. The molecule has 1 aromatic carbocycles. The summed E-state index contributed by atoms with van der Waals surface area (Å²) in [6.45, 7) is 11.2. The van der Waals surface area contributed by atoms with Gasteiger partial charge in [-0.1, -0.05) is 0 Å². The lowest BCUT2D eigenvalue weighted by Gasteiger charge is -2.28. The molecule has 10 heteroatoms. The van der Waals surface area contributed by atoms with E-state index in [1.807, 2.05) is 27.7 Å². The Balaban J connectivity index is 2.43. The molecule has 1 amide bonds. The number of phenolic OH excluding ortho intramolecular Hbond substituents is 1. The third-order valence-electron chi connectivity index (χ3n) is 4.72. The molecule has 0 saturated heterocycles. The number of aliphatic hydroxyl groups is 1. The fraction of sp³-hybridized carbons (Fsp3) is 0.650. The van der Waals surface area contributed by atoms with E-state index < -0.39 is 22.8 Å². The van der Waals surface area contributed by atoms with Gasteiger partial charge in [0, 0.05) is 18.6 Å². The number of benzene rings is 1. The van der Waals surface area contributed by atoms with E-state index >= 15 is 0 Å². The quantitative estimate of drug-likeness (QED) is 0.290. The summed E-state index contributed by atoms with van der Waals surface area (Å²) < 4.78 is 5.71. The van der Waals surface area contributed by atoms with Crippen LogP contribution in [0.25, 0.3) is 0 Å². The van der Waals surface area contributed by atoms with Crippen molar-refractivity contribution in [2.75, 3.05) is 19.7 Å². The second-order valence-electron chi connectivity index (χ2n) is 8.14. The number of rotatable bonds is 12.